The number of benzene rings is 1. The summed E-state index contributed by atoms with van der Waals surface area (Å²) in [4.78, 5) is 22.5. The fourth-order valence-corrected chi connectivity index (χ4v) is 5.69. The Bertz CT molecular complexity index is 1670. The molecule has 3 N–H and O–H groups in total. The molecule has 2 aliphatic rings. The highest BCUT2D eigenvalue weighted by molar-refractivity contribution is 5.98. The van der Waals surface area contributed by atoms with Crippen molar-refractivity contribution in [2.45, 2.75) is 45.1 Å². The quantitative estimate of drug-likeness (QED) is 0.268. The number of aromatic amines is 1. The Hall–Kier alpha value is -3.91. The van der Waals surface area contributed by atoms with Crippen molar-refractivity contribution in [3.63, 3.8) is 0 Å². The first-order chi connectivity index (χ1) is 18.5. The Morgan fingerprint density at radius 3 is 2.71 bits per heavy atom. The van der Waals surface area contributed by atoms with Crippen LogP contribution in [0.5, 0.6) is 0 Å². The molecule has 0 bridgehead atoms. The first-order valence-electron chi connectivity index (χ1n) is 13.3. The van der Waals surface area contributed by atoms with Gasteiger partial charge in [0, 0.05) is 46.9 Å². The van der Waals surface area contributed by atoms with Crippen molar-refractivity contribution in [2.75, 3.05) is 18.4 Å². The average Bonchev–Trinajstić information content (AvgIpc) is 3.67. The maximum Gasteiger partial charge on any atom is 0.163 e. The number of halogens is 1. The Kier molecular flexibility index (Phi) is 5.40. The van der Waals surface area contributed by atoms with E-state index in [1.54, 1.807) is 18.3 Å². The lowest BCUT2D eigenvalue weighted by Crippen LogP contribution is -2.49. The highest BCUT2D eigenvalue weighted by atomic mass is 19.1. The van der Waals surface area contributed by atoms with Gasteiger partial charge in [-0.15, -0.1) is 0 Å². The van der Waals surface area contributed by atoms with Gasteiger partial charge in [-0.25, -0.2) is 19.3 Å². The van der Waals surface area contributed by atoms with Crippen LogP contribution in [0.2, 0.25) is 0 Å². The molecule has 0 amide bonds. The maximum absolute atomic E-state index is 14.6. The zero-order chi connectivity index (χ0) is 25.9. The molecule has 1 saturated carbocycles. The molecule has 1 saturated heterocycles. The van der Waals surface area contributed by atoms with Crippen LogP contribution in [-0.2, 0) is 0 Å². The van der Waals surface area contributed by atoms with Crippen molar-refractivity contribution in [1.29, 1.82) is 0 Å². The number of piperidine rings is 1. The van der Waals surface area contributed by atoms with Gasteiger partial charge < -0.3 is 15.6 Å². The second-order valence-corrected chi connectivity index (χ2v) is 11.2. The predicted molar refractivity (Wildman–Crippen MR) is 148 cm³/mol. The normalized spacial score (nSPS) is 19.2. The molecule has 1 aromatic carbocycles. The summed E-state index contributed by atoms with van der Waals surface area (Å²) in [6.45, 7) is 6.51. The molecular formula is C30H30FN7. The first kappa shape index (κ1) is 23.2. The van der Waals surface area contributed by atoms with Crippen molar-refractivity contribution >= 4 is 27.8 Å². The molecule has 2 fully saturated rings. The molecule has 38 heavy (non-hydrogen) atoms. The highest BCUT2D eigenvalue weighted by Gasteiger charge is 2.34. The molecule has 4 aromatic heterocycles. The Morgan fingerprint density at radius 2 is 1.89 bits per heavy atom. The number of hydrogen-bond acceptors (Lipinski definition) is 6. The van der Waals surface area contributed by atoms with Gasteiger partial charge in [0.05, 0.1) is 17.4 Å². The van der Waals surface area contributed by atoms with Crippen molar-refractivity contribution in [1.82, 2.24) is 30.2 Å². The van der Waals surface area contributed by atoms with Gasteiger partial charge >= 0.3 is 0 Å². The van der Waals surface area contributed by atoms with Gasteiger partial charge in [-0.2, -0.15) is 0 Å². The molecule has 192 valence electrons. The third-order valence-corrected chi connectivity index (χ3v) is 8.03. The molecule has 5 aromatic rings. The number of rotatable bonds is 5. The third-order valence-electron chi connectivity index (χ3n) is 8.03. The summed E-state index contributed by atoms with van der Waals surface area (Å²) in [5.74, 6) is 1.71. The van der Waals surface area contributed by atoms with E-state index in [1.807, 2.05) is 30.6 Å². The Morgan fingerprint density at radius 1 is 1.03 bits per heavy atom. The Labute approximate surface area is 220 Å². The summed E-state index contributed by atoms with van der Waals surface area (Å²) < 4.78 is 14.6. The van der Waals surface area contributed by atoms with Gasteiger partial charge in [0.2, 0.25) is 0 Å². The molecule has 7 rings (SSSR count). The molecule has 8 heteroatoms. The zero-order valence-electron chi connectivity index (χ0n) is 21.6. The van der Waals surface area contributed by atoms with E-state index in [1.165, 1.54) is 24.5 Å². The van der Waals surface area contributed by atoms with Gasteiger partial charge in [-0.3, -0.25) is 4.98 Å². The SMILES string of the molecule is CC1(C)CNCCC1Nc1nc(-c2ccnc3[nH]c(-c4ccccc4F)cc23)nc2cncc(C3CC3)c12. The van der Waals surface area contributed by atoms with Gasteiger partial charge in [0.15, 0.2) is 5.82 Å². The highest BCUT2D eigenvalue weighted by Crippen LogP contribution is 2.45. The number of nitrogens with one attached hydrogen (secondary N) is 3. The number of pyridine rings is 2. The smallest absolute Gasteiger partial charge is 0.163 e. The second-order valence-electron chi connectivity index (χ2n) is 11.2. The summed E-state index contributed by atoms with van der Waals surface area (Å²) in [7, 11) is 0. The van der Waals surface area contributed by atoms with Crippen molar-refractivity contribution in [3.8, 4) is 22.6 Å². The molecule has 1 unspecified atom stereocenters. The summed E-state index contributed by atoms with van der Waals surface area (Å²) >= 11 is 0. The van der Waals surface area contributed by atoms with E-state index in [0.29, 0.717) is 28.6 Å². The Balaban J connectivity index is 1.40. The molecular weight excluding hydrogens is 477 g/mol. The lowest BCUT2D eigenvalue weighted by Gasteiger charge is -2.40. The second kappa shape index (κ2) is 8.84. The van der Waals surface area contributed by atoms with Crippen molar-refractivity contribution in [2.24, 2.45) is 5.41 Å². The van der Waals surface area contributed by atoms with Gasteiger partial charge in [-0.05, 0) is 67.0 Å². The molecule has 1 aliphatic carbocycles. The minimum Gasteiger partial charge on any atom is -0.366 e. The minimum atomic E-state index is -0.280. The van der Waals surface area contributed by atoms with Crippen LogP contribution >= 0.6 is 0 Å². The van der Waals surface area contributed by atoms with Crippen LogP contribution in [0.1, 0.15) is 44.6 Å². The summed E-state index contributed by atoms with van der Waals surface area (Å²) in [5.41, 5.74) is 4.83. The summed E-state index contributed by atoms with van der Waals surface area (Å²) in [6.07, 6.45) is 8.93. The maximum atomic E-state index is 14.6. The number of anilines is 1. The summed E-state index contributed by atoms with van der Waals surface area (Å²) in [5, 5.41) is 9.29. The first-order valence-corrected chi connectivity index (χ1v) is 13.3. The molecule has 5 heterocycles. The molecule has 1 aliphatic heterocycles. The van der Waals surface area contributed by atoms with Crippen LogP contribution in [-0.4, -0.2) is 44.1 Å². The van der Waals surface area contributed by atoms with Crippen LogP contribution in [0.4, 0.5) is 10.2 Å². The van der Waals surface area contributed by atoms with E-state index in [9.17, 15) is 4.39 Å². The lowest BCUT2D eigenvalue weighted by atomic mass is 9.80. The number of fused-ring (bicyclic) bond motifs is 2. The number of hydrogen-bond donors (Lipinski definition) is 3. The molecule has 7 nitrogen and oxygen atoms in total. The molecule has 1 atom stereocenters. The van der Waals surface area contributed by atoms with Gasteiger partial charge in [0.1, 0.15) is 17.3 Å². The topological polar surface area (TPSA) is 91.4 Å². The average molecular weight is 508 g/mol. The van der Waals surface area contributed by atoms with E-state index in [2.05, 4.69) is 39.4 Å². The summed E-state index contributed by atoms with van der Waals surface area (Å²) in [6, 6.07) is 10.9. The van der Waals surface area contributed by atoms with Crippen LogP contribution in [0, 0.1) is 11.2 Å². The largest absolute Gasteiger partial charge is 0.366 e. The fourth-order valence-electron chi connectivity index (χ4n) is 5.69. The van der Waals surface area contributed by atoms with Crippen LogP contribution in [0.25, 0.3) is 44.6 Å². The van der Waals surface area contributed by atoms with Gasteiger partial charge in [-0.1, -0.05) is 26.0 Å². The number of H-pyrrole nitrogens is 1. The van der Waals surface area contributed by atoms with Gasteiger partial charge in [0.25, 0.3) is 0 Å². The van der Waals surface area contributed by atoms with Crippen molar-refractivity contribution in [3.05, 3.63) is 66.4 Å². The fraction of sp³-hybridized carbons (Fsp3) is 0.333. The van der Waals surface area contributed by atoms with E-state index in [4.69, 9.17) is 9.97 Å². The monoisotopic (exact) mass is 507 g/mol. The third kappa shape index (κ3) is 4.00. The number of aromatic nitrogens is 5. The standard InChI is InChI=1S/C30H30FN7/c1-30(2)16-32-11-10-25(30)37-29-26-21(17-7-8-17)14-33-15-24(26)36-28(38-29)18-9-12-34-27-20(18)13-23(35-27)19-5-3-4-6-22(19)31/h3-6,9,12-15,17,25,32H,7-8,10-11,16H2,1-2H3,(H,34,35)(H,36,37,38). The predicted octanol–water partition coefficient (Wildman–Crippen LogP) is 6.05. The zero-order valence-corrected chi connectivity index (χ0v) is 21.6. The van der Waals surface area contributed by atoms with Crippen LogP contribution in [0.15, 0.2) is 55.0 Å². The lowest BCUT2D eigenvalue weighted by molar-refractivity contribution is 0.236. The van der Waals surface area contributed by atoms with E-state index in [-0.39, 0.29) is 17.3 Å². The number of nitrogens with zero attached hydrogens (tertiary/aromatic N) is 4. The minimum absolute atomic E-state index is 0.0711. The van der Waals surface area contributed by atoms with Crippen LogP contribution in [0.3, 0.4) is 0 Å². The van der Waals surface area contributed by atoms with Crippen molar-refractivity contribution < 1.29 is 4.39 Å². The molecule has 0 radical (unpaired) electrons. The van der Waals surface area contributed by atoms with E-state index < -0.39 is 0 Å². The van der Waals surface area contributed by atoms with E-state index in [0.717, 1.165) is 47.2 Å². The van der Waals surface area contributed by atoms with E-state index >= 15 is 0 Å². The molecule has 0 spiro atoms. The van der Waals surface area contributed by atoms with Crippen LogP contribution < -0.4 is 10.6 Å².